The van der Waals surface area contributed by atoms with Crippen LogP contribution in [0.4, 0.5) is 0 Å². The second kappa shape index (κ2) is 11.5. The molecule has 0 unspecified atom stereocenters. The molecule has 4 rings (SSSR count). The number of hydrogen-bond acceptors (Lipinski definition) is 4. The Labute approximate surface area is 200 Å². The number of nitrogens with one attached hydrogen (secondary N) is 1. The van der Waals surface area contributed by atoms with Gasteiger partial charge in [0.25, 0.3) is 11.8 Å². The highest BCUT2D eigenvalue weighted by atomic mass is 16.5. The summed E-state index contributed by atoms with van der Waals surface area (Å²) in [6.45, 7) is 4.23. The monoisotopic (exact) mass is 460 g/mol. The summed E-state index contributed by atoms with van der Waals surface area (Å²) in [6.07, 6.45) is 4.91. The number of carbonyl (C=O) groups excluding carboxylic acids is 2. The quantitative estimate of drug-likeness (QED) is 0.633. The minimum atomic E-state index is -0.204. The van der Waals surface area contributed by atoms with Crippen LogP contribution in [0.25, 0.3) is 0 Å². The minimum Gasteiger partial charge on any atom is -0.491 e. The van der Waals surface area contributed by atoms with Gasteiger partial charge in [-0.15, -0.1) is 0 Å². The molecule has 1 aromatic heterocycles. The summed E-state index contributed by atoms with van der Waals surface area (Å²) < 4.78 is 6.28. The number of aromatic nitrogens is 2. The van der Waals surface area contributed by atoms with Gasteiger partial charge in [-0.2, -0.15) is 5.10 Å². The van der Waals surface area contributed by atoms with Gasteiger partial charge in [-0.1, -0.05) is 42.5 Å². The predicted molar refractivity (Wildman–Crippen MR) is 131 cm³/mol. The molecule has 7 heteroatoms. The Kier molecular flexibility index (Phi) is 7.96. The topological polar surface area (TPSA) is 78.5 Å². The first-order valence-electron chi connectivity index (χ1n) is 12.0. The van der Waals surface area contributed by atoms with Gasteiger partial charge >= 0.3 is 0 Å². The smallest absolute Gasteiger partial charge is 0.272 e. The van der Waals surface area contributed by atoms with Crippen molar-refractivity contribution < 1.29 is 14.3 Å². The van der Waals surface area contributed by atoms with E-state index in [4.69, 9.17) is 4.74 Å². The summed E-state index contributed by atoms with van der Waals surface area (Å²) in [4.78, 5) is 30.5. The standard InChI is InChI=1S/C27H32N4O3/c1-2-30-17-9-4-10-18-31(27(33)24-15-16-28-29-24)22(19-21-11-5-3-6-12-21)20-34-25-14-8-7-13-23(25)26(30)32/h3,5-8,11-16,22H,2,4,9-10,17-20H2,1H3,(H,28,29)/t22-/m0/s1. The summed E-state index contributed by atoms with van der Waals surface area (Å²) in [5.41, 5.74) is 2.16. The van der Waals surface area contributed by atoms with E-state index < -0.39 is 0 Å². The van der Waals surface area contributed by atoms with Crippen LogP contribution >= 0.6 is 0 Å². The summed E-state index contributed by atoms with van der Waals surface area (Å²) in [7, 11) is 0. The molecule has 1 N–H and O–H groups in total. The van der Waals surface area contributed by atoms with Gasteiger partial charge in [0.15, 0.2) is 0 Å². The molecule has 0 saturated carbocycles. The van der Waals surface area contributed by atoms with E-state index in [0.717, 1.165) is 24.8 Å². The maximum atomic E-state index is 13.5. The van der Waals surface area contributed by atoms with Crippen LogP contribution in [0.2, 0.25) is 0 Å². The largest absolute Gasteiger partial charge is 0.491 e. The van der Waals surface area contributed by atoms with Gasteiger partial charge in [0.2, 0.25) is 0 Å². The van der Waals surface area contributed by atoms with E-state index in [1.165, 1.54) is 0 Å². The Bertz CT molecular complexity index is 1070. The molecule has 0 saturated heterocycles. The number of para-hydroxylation sites is 1. The third-order valence-corrected chi connectivity index (χ3v) is 6.29. The Morgan fingerprint density at radius 3 is 2.56 bits per heavy atom. The van der Waals surface area contributed by atoms with Crippen molar-refractivity contribution in [1.82, 2.24) is 20.0 Å². The van der Waals surface area contributed by atoms with Gasteiger partial charge in [-0.3, -0.25) is 14.7 Å². The van der Waals surface area contributed by atoms with E-state index in [2.05, 4.69) is 22.3 Å². The van der Waals surface area contributed by atoms with Crippen molar-refractivity contribution in [1.29, 1.82) is 0 Å². The van der Waals surface area contributed by atoms with Gasteiger partial charge in [0.1, 0.15) is 18.1 Å². The van der Waals surface area contributed by atoms with Crippen LogP contribution in [0.3, 0.4) is 0 Å². The number of aromatic amines is 1. The average Bonchev–Trinajstić information content (AvgIpc) is 3.41. The predicted octanol–water partition coefficient (Wildman–Crippen LogP) is 4.19. The van der Waals surface area contributed by atoms with Crippen LogP contribution in [0.5, 0.6) is 5.75 Å². The van der Waals surface area contributed by atoms with Crippen LogP contribution in [-0.2, 0) is 6.42 Å². The molecule has 1 atom stereocenters. The maximum absolute atomic E-state index is 13.5. The van der Waals surface area contributed by atoms with Crippen LogP contribution in [0.15, 0.2) is 66.9 Å². The minimum absolute atomic E-state index is 0.0117. The van der Waals surface area contributed by atoms with Crippen molar-refractivity contribution in [2.75, 3.05) is 26.2 Å². The first-order valence-corrected chi connectivity index (χ1v) is 12.0. The zero-order valence-corrected chi connectivity index (χ0v) is 19.7. The highest BCUT2D eigenvalue weighted by molar-refractivity contribution is 5.97. The average molecular weight is 461 g/mol. The van der Waals surface area contributed by atoms with E-state index in [-0.39, 0.29) is 24.5 Å². The lowest BCUT2D eigenvalue weighted by Crippen LogP contribution is -2.45. The van der Waals surface area contributed by atoms with E-state index in [1.807, 2.05) is 59.2 Å². The lowest BCUT2D eigenvalue weighted by molar-refractivity contribution is 0.0599. The second-order valence-corrected chi connectivity index (χ2v) is 8.57. The highest BCUT2D eigenvalue weighted by Crippen LogP contribution is 2.23. The number of fused-ring (bicyclic) bond motifs is 1. The molecule has 0 radical (unpaired) electrons. The summed E-state index contributed by atoms with van der Waals surface area (Å²) in [5.74, 6) is 0.455. The third-order valence-electron chi connectivity index (χ3n) is 6.29. The van der Waals surface area contributed by atoms with Crippen LogP contribution in [0.1, 0.15) is 52.6 Å². The Balaban J connectivity index is 1.67. The van der Waals surface area contributed by atoms with Crippen LogP contribution in [0, 0.1) is 0 Å². The first kappa shape index (κ1) is 23.5. The molecule has 3 aromatic rings. The number of nitrogens with zero attached hydrogens (tertiary/aromatic N) is 3. The second-order valence-electron chi connectivity index (χ2n) is 8.57. The molecule has 2 heterocycles. The van der Waals surface area contributed by atoms with E-state index in [9.17, 15) is 9.59 Å². The number of rotatable bonds is 4. The number of amides is 2. The van der Waals surface area contributed by atoms with Crippen LogP contribution in [-0.4, -0.2) is 64.1 Å². The molecular weight excluding hydrogens is 428 g/mol. The molecule has 0 fully saturated rings. The lowest BCUT2D eigenvalue weighted by atomic mass is 10.0. The first-order chi connectivity index (χ1) is 16.7. The fourth-order valence-corrected chi connectivity index (χ4v) is 4.42. The van der Waals surface area contributed by atoms with Gasteiger partial charge in [-0.25, -0.2) is 0 Å². The molecule has 2 aromatic carbocycles. The Morgan fingerprint density at radius 2 is 1.79 bits per heavy atom. The Morgan fingerprint density at radius 1 is 1.03 bits per heavy atom. The number of H-pyrrole nitrogens is 1. The van der Waals surface area contributed by atoms with Gasteiger partial charge in [-0.05, 0) is 56.4 Å². The van der Waals surface area contributed by atoms with Crippen molar-refractivity contribution in [2.24, 2.45) is 0 Å². The summed E-state index contributed by atoms with van der Waals surface area (Å²) >= 11 is 0. The normalized spacial score (nSPS) is 17.7. The van der Waals surface area contributed by atoms with Gasteiger partial charge in [0, 0.05) is 25.8 Å². The fraction of sp³-hybridized carbons (Fsp3) is 0.370. The van der Waals surface area contributed by atoms with Crippen molar-refractivity contribution >= 4 is 11.8 Å². The number of benzene rings is 2. The van der Waals surface area contributed by atoms with E-state index >= 15 is 0 Å². The van der Waals surface area contributed by atoms with Crippen molar-refractivity contribution in [2.45, 2.75) is 38.6 Å². The van der Waals surface area contributed by atoms with E-state index in [0.29, 0.717) is 43.1 Å². The molecule has 178 valence electrons. The van der Waals surface area contributed by atoms with Crippen LogP contribution < -0.4 is 4.74 Å². The third kappa shape index (κ3) is 5.65. The van der Waals surface area contributed by atoms with Gasteiger partial charge < -0.3 is 14.5 Å². The fourth-order valence-electron chi connectivity index (χ4n) is 4.42. The van der Waals surface area contributed by atoms with Crippen molar-refractivity contribution in [3.63, 3.8) is 0 Å². The Hall–Kier alpha value is -3.61. The summed E-state index contributed by atoms with van der Waals surface area (Å²) in [6, 6.07) is 19.0. The molecule has 0 spiro atoms. The van der Waals surface area contributed by atoms with E-state index in [1.54, 1.807) is 12.3 Å². The zero-order chi connectivity index (χ0) is 23.8. The molecule has 7 nitrogen and oxygen atoms in total. The molecule has 1 aliphatic heterocycles. The van der Waals surface area contributed by atoms with Crippen molar-refractivity contribution in [3.05, 3.63) is 83.7 Å². The molecule has 1 aliphatic rings. The van der Waals surface area contributed by atoms with Crippen molar-refractivity contribution in [3.8, 4) is 5.75 Å². The SMILES string of the molecule is CCN1CCCCCN(C(=O)c2ccn[nH]2)[C@@H](Cc2ccccc2)COc2ccccc2C1=O. The number of hydrogen-bond donors (Lipinski definition) is 1. The number of carbonyl (C=O) groups is 2. The molecule has 0 bridgehead atoms. The molecular formula is C27H32N4O3. The molecule has 34 heavy (non-hydrogen) atoms. The lowest BCUT2D eigenvalue weighted by Gasteiger charge is -2.32. The van der Waals surface area contributed by atoms with Gasteiger partial charge in [0.05, 0.1) is 11.6 Å². The maximum Gasteiger partial charge on any atom is 0.272 e. The summed E-state index contributed by atoms with van der Waals surface area (Å²) in [5, 5.41) is 6.79. The highest BCUT2D eigenvalue weighted by Gasteiger charge is 2.28. The molecule has 2 amide bonds. The zero-order valence-electron chi connectivity index (χ0n) is 19.7. The molecule has 0 aliphatic carbocycles. The number of ether oxygens (including phenoxy) is 1.